The second kappa shape index (κ2) is 4.66. The molecule has 0 amide bonds. The fourth-order valence-corrected chi connectivity index (χ4v) is 9.18. The molecule has 0 saturated carbocycles. The quantitative estimate of drug-likeness (QED) is 0.745. The van der Waals surface area contributed by atoms with Gasteiger partial charge < -0.3 is 0 Å². The third kappa shape index (κ3) is 2.25. The van der Waals surface area contributed by atoms with Crippen LogP contribution < -0.4 is 3.58 Å². The van der Waals surface area contributed by atoms with Crippen molar-refractivity contribution in [3.05, 3.63) is 30.3 Å². The molecule has 0 aromatic heterocycles. The van der Waals surface area contributed by atoms with Crippen LogP contribution >= 0.6 is 12.7 Å². The number of rotatable bonds is 3. The number of hydrogen-bond acceptors (Lipinski definition) is 0. The number of hydrogen-bond donors (Lipinski definition) is 0. The van der Waals surface area contributed by atoms with Crippen molar-refractivity contribution in [3.63, 3.8) is 0 Å². The zero-order chi connectivity index (χ0) is 9.03. The average molecular weight is 334 g/mol. The Labute approximate surface area is 85.0 Å². The van der Waals surface area contributed by atoms with E-state index >= 15 is 0 Å². The van der Waals surface area contributed by atoms with Crippen LogP contribution in [0.1, 0.15) is 13.8 Å². The second-order valence-electron chi connectivity index (χ2n) is 3.04. The summed E-state index contributed by atoms with van der Waals surface area (Å²) < 4.78 is 4.28. The van der Waals surface area contributed by atoms with Crippen molar-refractivity contribution in [1.29, 1.82) is 0 Å². The Bertz CT molecular complexity index is 229. The van der Waals surface area contributed by atoms with E-state index in [0.29, 0.717) is 0 Å². The van der Waals surface area contributed by atoms with Gasteiger partial charge in [-0.15, -0.1) is 0 Å². The van der Waals surface area contributed by atoms with Crippen LogP contribution in [0.4, 0.5) is 0 Å². The van der Waals surface area contributed by atoms with Crippen LogP contribution in [0.3, 0.4) is 0 Å². The molecule has 0 heterocycles. The van der Waals surface area contributed by atoms with Crippen molar-refractivity contribution in [2.45, 2.75) is 22.7 Å². The summed E-state index contributed by atoms with van der Waals surface area (Å²) in [5, 5.41) is 0. The second-order valence-corrected chi connectivity index (χ2v) is 24.4. The monoisotopic (exact) mass is 334 g/mol. The van der Waals surface area contributed by atoms with Gasteiger partial charge in [-0.2, -0.15) is 0 Å². The van der Waals surface area contributed by atoms with E-state index in [1.54, 1.807) is 3.58 Å². The predicted molar refractivity (Wildman–Crippen MR) is 61.7 cm³/mol. The van der Waals surface area contributed by atoms with Crippen LogP contribution in [-0.4, -0.2) is 16.2 Å². The van der Waals surface area contributed by atoms with Gasteiger partial charge in [0.05, 0.1) is 0 Å². The van der Waals surface area contributed by atoms with Gasteiger partial charge in [-0.1, -0.05) is 0 Å². The molecule has 12 heavy (non-hydrogen) atoms. The zero-order valence-corrected chi connectivity index (χ0v) is 12.1. The molecule has 0 N–H and O–H groups in total. The van der Waals surface area contributed by atoms with E-state index in [-0.39, 0.29) is 0 Å². The van der Waals surface area contributed by atoms with Gasteiger partial charge in [0.15, 0.2) is 0 Å². The summed E-state index contributed by atoms with van der Waals surface area (Å²) in [7, 11) is 0. The van der Waals surface area contributed by atoms with E-state index in [4.69, 9.17) is 0 Å². The SMILES string of the molecule is C[CH2][Sn]([Br])([CH2]C)[c]1ccccc1. The van der Waals surface area contributed by atoms with Crippen molar-refractivity contribution in [2.75, 3.05) is 0 Å². The Hall–Kier alpha value is 0.499. The molecule has 0 aliphatic heterocycles. The first-order valence-corrected chi connectivity index (χ1v) is 16.3. The van der Waals surface area contributed by atoms with Crippen molar-refractivity contribution in [3.8, 4) is 0 Å². The Balaban J connectivity index is 2.95. The molecule has 0 nitrogen and oxygen atoms in total. The molecule has 0 fully saturated rings. The van der Waals surface area contributed by atoms with E-state index in [1.165, 1.54) is 8.87 Å². The van der Waals surface area contributed by atoms with Gasteiger partial charge in [0.25, 0.3) is 0 Å². The van der Waals surface area contributed by atoms with Gasteiger partial charge >= 0.3 is 85.5 Å². The molecule has 0 unspecified atom stereocenters. The van der Waals surface area contributed by atoms with Gasteiger partial charge in [-0.05, 0) is 0 Å². The topological polar surface area (TPSA) is 0 Å². The third-order valence-electron chi connectivity index (χ3n) is 2.41. The van der Waals surface area contributed by atoms with Gasteiger partial charge in [0, 0.05) is 0 Å². The molecule has 66 valence electrons. The van der Waals surface area contributed by atoms with Gasteiger partial charge in [0.2, 0.25) is 0 Å². The minimum absolute atomic E-state index is 1.34. The maximum atomic E-state index is 4.00. The van der Waals surface area contributed by atoms with E-state index in [1.807, 2.05) is 0 Å². The molecule has 2 heteroatoms. The Kier molecular flexibility index (Phi) is 4.10. The first kappa shape index (κ1) is 10.6. The molecule has 0 saturated heterocycles. The molecule has 0 radical (unpaired) electrons. The molecule has 1 rings (SSSR count). The summed E-state index contributed by atoms with van der Waals surface area (Å²) in [5.41, 5.74) is 0. The van der Waals surface area contributed by atoms with Crippen LogP contribution in [0.5, 0.6) is 0 Å². The predicted octanol–water partition coefficient (Wildman–Crippen LogP) is 3.27. The van der Waals surface area contributed by atoms with E-state index in [0.717, 1.165) is 0 Å². The summed E-state index contributed by atoms with van der Waals surface area (Å²) in [6, 6.07) is 10.9. The molecule has 0 atom stereocenters. The van der Waals surface area contributed by atoms with Crippen LogP contribution in [0.25, 0.3) is 0 Å². The van der Waals surface area contributed by atoms with Crippen molar-refractivity contribution in [2.24, 2.45) is 0 Å². The molecule has 0 aliphatic rings. The summed E-state index contributed by atoms with van der Waals surface area (Å²) in [5.74, 6) is 0. The van der Waals surface area contributed by atoms with Crippen LogP contribution in [-0.2, 0) is 0 Å². The Morgan fingerprint density at radius 3 is 2.00 bits per heavy atom. The summed E-state index contributed by atoms with van der Waals surface area (Å²) in [6.45, 7) is 4.61. The normalized spacial score (nSPS) is 11.6. The average Bonchev–Trinajstić information content (AvgIpc) is 2.18. The molecular formula is C10H15BrSn. The molecule has 0 aliphatic carbocycles. The van der Waals surface area contributed by atoms with Gasteiger partial charge in [-0.3, -0.25) is 0 Å². The summed E-state index contributed by atoms with van der Waals surface area (Å²) >= 11 is 2.00. The van der Waals surface area contributed by atoms with E-state index in [9.17, 15) is 0 Å². The standard InChI is InChI=1S/C6H5.2C2H5.BrH.Sn/c1-2-4-6-5-3-1;2*1-2;;/h1-5H;2*1H2,2H3;1H;/q;;;;+1/p-1. The molecule has 1 aromatic carbocycles. The summed E-state index contributed by atoms with van der Waals surface area (Å²) in [6.07, 6.45) is 0. The fraction of sp³-hybridized carbons (Fsp3) is 0.400. The number of benzene rings is 1. The minimum atomic E-state index is -2.00. The van der Waals surface area contributed by atoms with Crippen molar-refractivity contribution >= 4 is 32.4 Å². The van der Waals surface area contributed by atoms with Gasteiger partial charge in [0.1, 0.15) is 0 Å². The van der Waals surface area contributed by atoms with Gasteiger partial charge in [-0.25, -0.2) is 0 Å². The fourth-order valence-electron chi connectivity index (χ4n) is 1.40. The molecule has 0 spiro atoms. The maximum absolute atomic E-state index is 4.00. The molecular weight excluding hydrogens is 319 g/mol. The molecule has 1 aromatic rings. The third-order valence-corrected chi connectivity index (χ3v) is 23.3. The van der Waals surface area contributed by atoms with Crippen molar-refractivity contribution in [1.82, 2.24) is 0 Å². The van der Waals surface area contributed by atoms with Crippen LogP contribution in [0.2, 0.25) is 8.87 Å². The first-order valence-electron chi connectivity index (χ1n) is 4.47. The van der Waals surface area contributed by atoms with Crippen molar-refractivity contribution < 1.29 is 0 Å². The Morgan fingerprint density at radius 2 is 1.58 bits per heavy atom. The molecule has 0 bridgehead atoms. The summed E-state index contributed by atoms with van der Waals surface area (Å²) in [4.78, 5) is 0. The van der Waals surface area contributed by atoms with E-state index < -0.39 is 16.2 Å². The van der Waals surface area contributed by atoms with E-state index in [2.05, 4.69) is 56.9 Å². The van der Waals surface area contributed by atoms with Crippen LogP contribution in [0, 0.1) is 0 Å². The number of halogens is 1. The Morgan fingerprint density at radius 1 is 1.08 bits per heavy atom. The van der Waals surface area contributed by atoms with Crippen LogP contribution in [0.15, 0.2) is 30.3 Å². The first-order chi connectivity index (χ1) is 5.73. The zero-order valence-electron chi connectivity index (χ0n) is 7.68.